The Kier molecular flexibility index (Phi) is 3.35. The van der Waals surface area contributed by atoms with Crippen molar-refractivity contribution >= 4 is 17.5 Å². The topological polar surface area (TPSA) is 62.5 Å². The summed E-state index contributed by atoms with van der Waals surface area (Å²) in [7, 11) is 0. The van der Waals surface area contributed by atoms with Crippen LogP contribution in [-0.2, 0) is 6.54 Å². The van der Waals surface area contributed by atoms with E-state index < -0.39 is 0 Å². The van der Waals surface area contributed by atoms with Crippen molar-refractivity contribution in [1.29, 1.82) is 0 Å². The number of phenolic OH excluding ortho intramolecular Hbond substituents is 1. The molecule has 1 aromatic heterocycles. The highest BCUT2D eigenvalue weighted by Gasteiger charge is 2.09. The van der Waals surface area contributed by atoms with Gasteiger partial charge in [0.1, 0.15) is 5.75 Å². The lowest BCUT2D eigenvalue weighted by Crippen LogP contribution is -2.22. The first-order chi connectivity index (χ1) is 8.15. The van der Waals surface area contributed by atoms with Crippen LogP contribution in [0.15, 0.2) is 40.8 Å². The molecule has 0 aliphatic carbocycles. The molecule has 5 heteroatoms. The van der Waals surface area contributed by atoms with E-state index in [9.17, 15) is 9.90 Å². The monoisotopic (exact) mass is 251 g/mol. The van der Waals surface area contributed by atoms with E-state index in [4.69, 9.17) is 16.0 Å². The molecule has 0 bridgehead atoms. The lowest BCUT2D eigenvalue weighted by atomic mass is 10.2. The Bertz CT molecular complexity index is 536. The zero-order valence-electron chi connectivity index (χ0n) is 8.81. The quantitative estimate of drug-likeness (QED) is 0.881. The molecule has 0 aliphatic rings. The van der Waals surface area contributed by atoms with Crippen molar-refractivity contribution in [2.24, 2.45) is 0 Å². The summed E-state index contributed by atoms with van der Waals surface area (Å²) in [6.07, 6.45) is 0. The van der Waals surface area contributed by atoms with Crippen LogP contribution in [0.4, 0.5) is 0 Å². The fourth-order valence-corrected chi connectivity index (χ4v) is 1.52. The van der Waals surface area contributed by atoms with Crippen molar-refractivity contribution in [3.63, 3.8) is 0 Å². The van der Waals surface area contributed by atoms with Crippen molar-refractivity contribution in [2.45, 2.75) is 6.54 Å². The smallest absolute Gasteiger partial charge is 0.287 e. The standard InChI is InChI=1S/C12H10ClNO3/c13-11-5-4-10(17-11)12(16)14-7-8-2-1-3-9(15)6-8/h1-6,15H,7H2,(H,14,16). The van der Waals surface area contributed by atoms with Gasteiger partial charge in [-0.3, -0.25) is 4.79 Å². The molecule has 4 nitrogen and oxygen atoms in total. The molecule has 1 aromatic carbocycles. The molecule has 0 fully saturated rings. The number of phenols is 1. The summed E-state index contributed by atoms with van der Waals surface area (Å²) in [4.78, 5) is 11.6. The van der Waals surface area contributed by atoms with E-state index in [2.05, 4.69) is 5.32 Å². The zero-order chi connectivity index (χ0) is 12.3. The Morgan fingerprint density at radius 2 is 2.18 bits per heavy atom. The Labute approximate surface area is 103 Å². The van der Waals surface area contributed by atoms with Gasteiger partial charge >= 0.3 is 0 Å². The molecular weight excluding hydrogens is 242 g/mol. The van der Waals surface area contributed by atoms with E-state index in [-0.39, 0.29) is 22.6 Å². The van der Waals surface area contributed by atoms with Crippen molar-refractivity contribution in [3.8, 4) is 5.75 Å². The summed E-state index contributed by atoms with van der Waals surface area (Å²) < 4.78 is 4.96. The first-order valence-corrected chi connectivity index (χ1v) is 5.34. The predicted molar refractivity (Wildman–Crippen MR) is 63.0 cm³/mol. The third-order valence-electron chi connectivity index (χ3n) is 2.16. The summed E-state index contributed by atoms with van der Waals surface area (Å²) in [5.41, 5.74) is 0.802. The molecule has 0 radical (unpaired) electrons. The van der Waals surface area contributed by atoms with Gasteiger partial charge in [0.15, 0.2) is 11.0 Å². The second kappa shape index (κ2) is 4.93. The highest BCUT2D eigenvalue weighted by molar-refractivity contribution is 6.29. The lowest BCUT2D eigenvalue weighted by molar-refractivity contribution is 0.0923. The maximum absolute atomic E-state index is 11.6. The maximum Gasteiger partial charge on any atom is 0.287 e. The minimum absolute atomic E-state index is 0.162. The van der Waals surface area contributed by atoms with E-state index in [0.717, 1.165) is 5.56 Å². The van der Waals surface area contributed by atoms with Gasteiger partial charge in [-0.15, -0.1) is 0 Å². The molecular formula is C12H10ClNO3. The Balaban J connectivity index is 1.97. The average molecular weight is 252 g/mol. The lowest BCUT2D eigenvalue weighted by Gasteiger charge is -2.03. The Morgan fingerprint density at radius 1 is 1.35 bits per heavy atom. The van der Waals surface area contributed by atoms with Gasteiger partial charge in [-0.05, 0) is 41.4 Å². The first-order valence-electron chi connectivity index (χ1n) is 4.96. The number of hydrogen-bond donors (Lipinski definition) is 2. The minimum atomic E-state index is -0.347. The molecule has 2 rings (SSSR count). The SMILES string of the molecule is O=C(NCc1cccc(O)c1)c1ccc(Cl)o1. The number of carbonyl (C=O) groups is 1. The largest absolute Gasteiger partial charge is 0.508 e. The highest BCUT2D eigenvalue weighted by atomic mass is 35.5. The van der Waals surface area contributed by atoms with Gasteiger partial charge in [0, 0.05) is 6.54 Å². The number of nitrogens with one attached hydrogen (secondary N) is 1. The van der Waals surface area contributed by atoms with Crippen LogP contribution in [0.3, 0.4) is 0 Å². The van der Waals surface area contributed by atoms with Crippen LogP contribution in [0.5, 0.6) is 5.75 Å². The van der Waals surface area contributed by atoms with Crippen LogP contribution in [-0.4, -0.2) is 11.0 Å². The van der Waals surface area contributed by atoms with Crippen LogP contribution in [0, 0.1) is 0 Å². The third kappa shape index (κ3) is 3.01. The maximum atomic E-state index is 11.6. The van der Waals surface area contributed by atoms with E-state index in [1.807, 2.05) is 0 Å². The van der Waals surface area contributed by atoms with Gasteiger partial charge in [0.2, 0.25) is 0 Å². The normalized spacial score (nSPS) is 10.2. The van der Waals surface area contributed by atoms with Crippen LogP contribution < -0.4 is 5.32 Å². The van der Waals surface area contributed by atoms with Crippen molar-refractivity contribution in [1.82, 2.24) is 5.32 Å². The van der Waals surface area contributed by atoms with Crippen LogP contribution in [0.1, 0.15) is 16.1 Å². The highest BCUT2D eigenvalue weighted by Crippen LogP contribution is 2.14. The van der Waals surface area contributed by atoms with Crippen LogP contribution in [0.25, 0.3) is 0 Å². The Hall–Kier alpha value is -1.94. The number of amides is 1. The van der Waals surface area contributed by atoms with E-state index in [1.54, 1.807) is 24.3 Å². The average Bonchev–Trinajstić information content (AvgIpc) is 2.73. The molecule has 2 N–H and O–H groups in total. The zero-order valence-corrected chi connectivity index (χ0v) is 9.57. The summed E-state index contributed by atoms with van der Waals surface area (Å²) in [6.45, 7) is 0.311. The van der Waals surface area contributed by atoms with E-state index >= 15 is 0 Å². The van der Waals surface area contributed by atoms with E-state index in [1.165, 1.54) is 12.1 Å². The van der Waals surface area contributed by atoms with Crippen LogP contribution in [0.2, 0.25) is 5.22 Å². The van der Waals surface area contributed by atoms with Crippen molar-refractivity contribution in [2.75, 3.05) is 0 Å². The molecule has 1 heterocycles. The molecule has 0 saturated carbocycles. The Morgan fingerprint density at radius 3 is 2.82 bits per heavy atom. The van der Waals surface area contributed by atoms with Gasteiger partial charge in [-0.25, -0.2) is 0 Å². The summed E-state index contributed by atoms with van der Waals surface area (Å²) >= 11 is 5.56. The molecule has 88 valence electrons. The summed E-state index contributed by atoms with van der Waals surface area (Å²) in [5.74, 6) is -0.0202. The molecule has 0 unspecified atom stereocenters. The third-order valence-corrected chi connectivity index (χ3v) is 2.36. The molecule has 17 heavy (non-hydrogen) atoms. The molecule has 2 aromatic rings. The number of furan rings is 1. The molecule has 0 atom stereocenters. The van der Waals surface area contributed by atoms with Gasteiger partial charge in [0.05, 0.1) is 0 Å². The van der Waals surface area contributed by atoms with Crippen LogP contribution >= 0.6 is 11.6 Å². The first kappa shape index (κ1) is 11.5. The van der Waals surface area contributed by atoms with Gasteiger partial charge in [-0.1, -0.05) is 12.1 Å². The molecule has 0 aliphatic heterocycles. The number of rotatable bonds is 3. The second-order valence-corrected chi connectivity index (χ2v) is 3.83. The molecule has 0 saturated heterocycles. The number of benzene rings is 1. The predicted octanol–water partition coefficient (Wildman–Crippen LogP) is 2.57. The van der Waals surface area contributed by atoms with Gasteiger partial charge in [0.25, 0.3) is 5.91 Å². The molecule has 1 amide bonds. The number of carbonyl (C=O) groups excluding carboxylic acids is 1. The molecule has 0 spiro atoms. The van der Waals surface area contributed by atoms with Gasteiger partial charge in [-0.2, -0.15) is 0 Å². The summed E-state index contributed by atoms with van der Waals surface area (Å²) in [6, 6.07) is 9.66. The number of hydrogen-bond acceptors (Lipinski definition) is 3. The van der Waals surface area contributed by atoms with Crippen molar-refractivity contribution < 1.29 is 14.3 Å². The van der Waals surface area contributed by atoms with Gasteiger partial charge < -0.3 is 14.8 Å². The number of halogens is 1. The summed E-state index contributed by atoms with van der Waals surface area (Å²) in [5, 5.41) is 12.1. The second-order valence-electron chi connectivity index (χ2n) is 3.46. The minimum Gasteiger partial charge on any atom is -0.508 e. The van der Waals surface area contributed by atoms with E-state index in [0.29, 0.717) is 6.54 Å². The fraction of sp³-hybridized carbons (Fsp3) is 0.0833. The van der Waals surface area contributed by atoms with Crippen molar-refractivity contribution in [3.05, 3.63) is 52.9 Å². The fourth-order valence-electron chi connectivity index (χ4n) is 1.37. The number of aromatic hydroxyl groups is 1.